The Kier molecular flexibility index (Phi) is 7.75. The van der Waals surface area contributed by atoms with Gasteiger partial charge in [0.2, 0.25) is 5.91 Å². The molecule has 1 amide bonds. The summed E-state index contributed by atoms with van der Waals surface area (Å²) in [6.45, 7) is 9.35. The van der Waals surface area contributed by atoms with Crippen LogP contribution in [0.25, 0.3) is 0 Å². The van der Waals surface area contributed by atoms with Crippen LogP contribution in [0.15, 0.2) is 46.8 Å². The van der Waals surface area contributed by atoms with Crippen molar-refractivity contribution in [3.05, 3.63) is 41.8 Å². The van der Waals surface area contributed by atoms with Crippen molar-refractivity contribution >= 4 is 33.9 Å². The lowest BCUT2D eigenvalue weighted by molar-refractivity contribution is -0.114. The molecule has 0 spiro atoms. The van der Waals surface area contributed by atoms with Gasteiger partial charge in [-0.3, -0.25) is 4.79 Å². The number of hydrogen-bond donors (Lipinski definition) is 2. The second-order valence-electron chi connectivity index (χ2n) is 6.72. The minimum atomic E-state index is -0.0961. The standard InChI is InChI=1S/C21H29N5O2S/c1-3-22-21(26-12-10-25(11-13-26)20-8-5-15-29-20)23-9-14-28-19-7-4-6-18(16-19)24-17(2)27/h4-8,15-16H,3,9-14H2,1-2H3,(H,22,23)(H,24,27). The highest BCUT2D eigenvalue weighted by Crippen LogP contribution is 2.22. The van der Waals surface area contributed by atoms with Crippen molar-refractivity contribution < 1.29 is 9.53 Å². The van der Waals surface area contributed by atoms with Gasteiger partial charge in [-0.15, -0.1) is 11.3 Å². The molecular formula is C21H29N5O2S. The van der Waals surface area contributed by atoms with Crippen LogP contribution in [-0.4, -0.2) is 62.6 Å². The maximum Gasteiger partial charge on any atom is 0.221 e. The van der Waals surface area contributed by atoms with E-state index in [0.717, 1.165) is 50.1 Å². The topological polar surface area (TPSA) is 69.2 Å². The summed E-state index contributed by atoms with van der Waals surface area (Å²) in [4.78, 5) is 20.6. The molecule has 8 heteroatoms. The summed E-state index contributed by atoms with van der Waals surface area (Å²) in [6.07, 6.45) is 0. The first-order valence-corrected chi connectivity index (χ1v) is 10.9. The highest BCUT2D eigenvalue weighted by molar-refractivity contribution is 7.14. The molecule has 0 aliphatic carbocycles. The van der Waals surface area contributed by atoms with Crippen LogP contribution in [0.1, 0.15) is 13.8 Å². The third-order valence-corrected chi connectivity index (χ3v) is 5.44. The number of carbonyl (C=O) groups is 1. The molecule has 1 saturated heterocycles. The van der Waals surface area contributed by atoms with Crippen molar-refractivity contribution in [2.45, 2.75) is 13.8 Å². The molecule has 29 heavy (non-hydrogen) atoms. The molecule has 7 nitrogen and oxygen atoms in total. The molecule has 1 aliphatic heterocycles. The van der Waals surface area contributed by atoms with Gasteiger partial charge in [0, 0.05) is 51.4 Å². The summed E-state index contributed by atoms with van der Waals surface area (Å²) in [5.74, 6) is 1.57. The zero-order valence-electron chi connectivity index (χ0n) is 17.1. The first-order valence-electron chi connectivity index (χ1n) is 9.98. The number of guanidine groups is 1. The Hall–Kier alpha value is -2.74. The summed E-state index contributed by atoms with van der Waals surface area (Å²) in [7, 11) is 0. The number of amides is 1. The molecule has 1 fully saturated rings. The average Bonchev–Trinajstić information content (AvgIpc) is 3.25. The minimum absolute atomic E-state index is 0.0961. The molecule has 0 saturated carbocycles. The lowest BCUT2D eigenvalue weighted by Gasteiger charge is -2.37. The fraction of sp³-hybridized carbons (Fsp3) is 0.429. The molecule has 2 aromatic rings. The number of anilines is 2. The Morgan fingerprint density at radius 2 is 2.03 bits per heavy atom. The van der Waals surface area contributed by atoms with Crippen molar-refractivity contribution in [2.75, 3.05) is 56.1 Å². The van der Waals surface area contributed by atoms with Crippen molar-refractivity contribution in [2.24, 2.45) is 4.99 Å². The molecule has 3 rings (SSSR count). The monoisotopic (exact) mass is 415 g/mol. The smallest absolute Gasteiger partial charge is 0.221 e. The van der Waals surface area contributed by atoms with Crippen LogP contribution < -0.4 is 20.3 Å². The molecule has 1 aromatic heterocycles. The van der Waals surface area contributed by atoms with Crippen molar-refractivity contribution in [1.29, 1.82) is 0 Å². The van der Waals surface area contributed by atoms with Crippen molar-refractivity contribution in [3.8, 4) is 5.75 Å². The van der Waals surface area contributed by atoms with E-state index >= 15 is 0 Å². The average molecular weight is 416 g/mol. The number of aliphatic imine (C=N–C) groups is 1. The molecule has 156 valence electrons. The second kappa shape index (κ2) is 10.7. The van der Waals surface area contributed by atoms with Crippen LogP contribution >= 0.6 is 11.3 Å². The Bertz CT molecular complexity index is 801. The number of nitrogens with zero attached hydrogens (tertiary/aromatic N) is 3. The van der Waals surface area contributed by atoms with E-state index < -0.39 is 0 Å². The fourth-order valence-electron chi connectivity index (χ4n) is 3.20. The molecule has 1 aliphatic rings. The van der Waals surface area contributed by atoms with E-state index in [4.69, 9.17) is 9.73 Å². The predicted molar refractivity (Wildman–Crippen MR) is 120 cm³/mol. The number of ether oxygens (including phenoxy) is 1. The predicted octanol–water partition coefficient (Wildman–Crippen LogP) is 2.87. The third-order valence-electron chi connectivity index (χ3n) is 4.51. The number of benzene rings is 1. The maximum absolute atomic E-state index is 11.2. The normalized spacial score (nSPS) is 14.6. The summed E-state index contributed by atoms with van der Waals surface area (Å²) >= 11 is 1.79. The number of hydrogen-bond acceptors (Lipinski definition) is 5. The van der Waals surface area contributed by atoms with E-state index in [1.807, 2.05) is 24.3 Å². The third kappa shape index (κ3) is 6.39. The van der Waals surface area contributed by atoms with Crippen LogP contribution in [0.4, 0.5) is 10.7 Å². The van der Waals surface area contributed by atoms with Gasteiger partial charge in [-0.05, 0) is 36.6 Å². The Labute approximate surface area is 176 Å². The van der Waals surface area contributed by atoms with E-state index in [9.17, 15) is 4.79 Å². The number of nitrogens with one attached hydrogen (secondary N) is 2. The number of rotatable bonds is 7. The summed E-state index contributed by atoms with van der Waals surface area (Å²) < 4.78 is 5.80. The van der Waals surface area contributed by atoms with E-state index in [2.05, 4.69) is 44.9 Å². The highest BCUT2D eigenvalue weighted by atomic mass is 32.1. The van der Waals surface area contributed by atoms with Gasteiger partial charge >= 0.3 is 0 Å². The van der Waals surface area contributed by atoms with Crippen LogP contribution in [0.5, 0.6) is 5.75 Å². The first kappa shape index (κ1) is 21.0. The SMILES string of the molecule is CCNC(=NCCOc1cccc(NC(C)=O)c1)N1CCN(c2cccs2)CC1. The van der Waals surface area contributed by atoms with Gasteiger partial charge in [-0.1, -0.05) is 6.07 Å². The quantitative estimate of drug-likeness (QED) is 0.413. The number of piperazine rings is 1. The molecule has 0 unspecified atom stereocenters. The molecule has 0 atom stereocenters. The fourth-order valence-corrected chi connectivity index (χ4v) is 3.98. The summed E-state index contributed by atoms with van der Waals surface area (Å²) in [5.41, 5.74) is 0.732. The molecule has 2 heterocycles. The lowest BCUT2D eigenvalue weighted by atomic mass is 10.3. The Morgan fingerprint density at radius 3 is 2.72 bits per heavy atom. The molecule has 0 radical (unpaired) electrons. The number of thiophene rings is 1. The minimum Gasteiger partial charge on any atom is -0.492 e. The van der Waals surface area contributed by atoms with Gasteiger partial charge in [-0.25, -0.2) is 4.99 Å². The van der Waals surface area contributed by atoms with Crippen LogP contribution in [-0.2, 0) is 4.79 Å². The van der Waals surface area contributed by atoms with Crippen LogP contribution in [0.3, 0.4) is 0 Å². The second-order valence-corrected chi connectivity index (χ2v) is 7.64. The molecule has 1 aromatic carbocycles. The van der Waals surface area contributed by atoms with Gasteiger partial charge in [0.1, 0.15) is 12.4 Å². The first-order chi connectivity index (χ1) is 14.2. The van der Waals surface area contributed by atoms with Crippen molar-refractivity contribution in [1.82, 2.24) is 10.2 Å². The molecule has 0 bridgehead atoms. The molecular weight excluding hydrogens is 386 g/mol. The van der Waals surface area contributed by atoms with Crippen LogP contribution in [0.2, 0.25) is 0 Å². The van der Waals surface area contributed by atoms with Gasteiger partial charge in [0.15, 0.2) is 5.96 Å². The van der Waals surface area contributed by atoms with E-state index in [1.54, 1.807) is 11.3 Å². The van der Waals surface area contributed by atoms with E-state index in [-0.39, 0.29) is 5.91 Å². The highest BCUT2D eigenvalue weighted by Gasteiger charge is 2.20. The van der Waals surface area contributed by atoms with Crippen LogP contribution in [0, 0.1) is 0 Å². The van der Waals surface area contributed by atoms with E-state index in [0.29, 0.717) is 13.2 Å². The number of carbonyl (C=O) groups excluding carboxylic acids is 1. The summed E-state index contributed by atoms with van der Waals surface area (Å²) in [6, 6.07) is 11.7. The Morgan fingerprint density at radius 1 is 1.21 bits per heavy atom. The van der Waals surface area contributed by atoms with Gasteiger partial charge in [-0.2, -0.15) is 0 Å². The Balaban J connectivity index is 1.49. The van der Waals surface area contributed by atoms with Gasteiger partial charge < -0.3 is 25.2 Å². The van der Waals surface area contributed by atoms with E-state index in [1.165, 1.54) is 11.9 Å². The maximum atomic E-state index is 11.2. The zero-order valence-corrected chi connectivity index (χ0v) is 17.9. The lowest BCUT2D eigenvalue weighted by Crippen LogP contribution is -2.52. The van der Waals surface area contributed by atoms with Gasteiger partial charge in [0.25, 0.3) is 0 Å². The zero-order chi connectivity index (χ0) is 20.5. The summed E-state index contributed by atoms with van der Waals surface area (Å²) in [5, 5.41) is 9.61. The van der Waals surface area contributed by atoms with Crippen molar-refractivity contribution in [3.63, 3.8) is 0 Å². The molecule has 2 N–H and O–H groups in total. The van der Waals surface area contributed by atoms with Gasteiger partial charge in [0.05, 0.1) is 11.5 Å². The largest absolute Gasteiger partial charge is 0.492 e.